The van der Waals surface area contributed by atoms with Crippen molar-refractivity contribution in [2.45, 2.75) is 65.1 Å². The fraction of sp³-hybridized carbons (Fsp3) is 0.611. The highest BCUT2D eigenvalue weighted by Gasteiger charge is 2.24. The molecule has 130 valence electrons. The van der Waals surface area contributed by atoms with Crippen LogP contribution in [0.1, 0.15) is 51.0 Å². The van der Waals surface area contributed by atoms with Gasteiger partial charge >= 0.3 is 0 Å². The van der Waals surface area contributed by atoms with Gasteiger partial charge in [-0.2, -0.15) is 0 Å². The zero-order valence-electron chi connectivity index (χ0n) is 14.8. The highest BCUT2D eigenvalue weighted by atomic mass is 32.2. The minimum Gasteiger partial charge on any atom is -0.298 e. The normalized spacial score (nSPS) is 14.8. The lowest BCUT2D eigenvalue weighted by Gasteiger charge is -2.16. The predicted molar refractivity (Wildman–Crippen MR) is 101 cm³/mol. The lowest BCUT2D eigenvalue weighted by Crippen LogP contribution is -2.25. The number of thiophene rings is 1. The molecular weight excluding hydrogens is 340 g/mol. The van der Waals surface area contributed by atoms with Gasteiger partial charge in [-0.3, -0.25) is 14.2 Å². The van der Waals surface area contributed by atoms with E-state index in [2.05, 4.69) is 0 Å². The fourth-order valence-corrected chi connectivity index (χ4v) is 5.48. The number of hydrogen-bond acceptors (Lipinski definition) is 5. The van der Waals surface area contributed by atoms with Crippen LogP contribution in [0.5, 0.6) is 0 Å². The fourth-order valence-electron chi connectivity index (χ4n) is 2.96. The van der Waals surface area contributed by atoms with Crippen molar-refractivity contribution in [1.82, 2.24) is 9.55 Å². The van der Waals surface area contributed by atoms with E-state index in [0.717, 1.165) is 29.5 Å². The summed E-state index contributed by atoms with van der Waals surface area (Å²) >= 11 is 3.05. The second-order valence-corrected chi connectivity index (χ2v) is 9.32. The summed E-state index contributed by atoms with van der Waals surface area (Å²) in [5.41, 5.74) is 0.923. The molecule has 0 saturated carbocycles. The second kappa shape index (κ2) is 6.64. The summed E-state index contributed by atoms with van der Waals surface area (Å²) < 4.78 is 1.73. The molecule has 3 rings (SSSR count). The molecule has 0 atom stereocenters. The van der Waals surface area contributed by atoms with Crippen LogP contribution in [0.4, 0.5) is 0 Å². The molecule has 0 radical (unpaired) electrons. The monoisotopic (exact) mass is 364 g/mol. The Labute approximate surface area is 150 Å². The first-order chi connectivity index (χ1) is 11.3. The molecule has 0 amide bonds. The maximum Gasteiger partial charge on any atom is 0.263 e. The first kappa shape index (κ1) is 17.7. The van der Waals surface area contributed by atoms with Crippen LogP contribution in [0.15, 0.2) is 9.95 Å². The van der Waals surface area contributed by atoms with Gasteiger partial charge in [0.15, 0.2) is 5.16 Å². The van der Waals surface area contributed by atoms with Crippen molar-refractivity contribution in [2.75, 3.05) is 5.75 Å². The number of thioether (sulfide) groups is 1. The van der Waals surface area contributed by atoms with Gasteiger partial charge in [0, 0.05) is 16.8 Å². The van der Waals surface area contributed by atoms with Crippen LogP contribution in [0, 0.1) is 5.41 Å². The van der Waals surface area contributed by atoms with Gasteiger partial charge < -0.3 is 0 Å². The van der Waals surface area contributed by atoms with Crippen molar-refractivity contribution in [2.24, 2.45) is 5.41 Å². The third-order valence-electron chi connectivity index (χ3n) is 4.52. The van der Waals surface area contributed by atoms with Crippen LogP contribution in [-0.2, 0) is 24.2 Å². The zero-order valence-corrected chi connectivity index (χ0v) is 16.4. The molecule has 2 aromatic rings. The highest BCUT2D eigenvalue weighted by Crippen LogP contribution is 2.34. The summed E-state index contributed by atoms with van der Waals surface area (Å²) in [7, 11) is 0. The number of aryl methyl sites for hydroxylation is 2. The standard InChI is InChI=1S/C18H24N2O2S2/c1-5-20-16(22)14-11-8-6-7-9-12(11)24-15(14)19-17(20)23-10-13(21)18(2,3)4/h5-10H2,1-4H3. The molecule has 0 saturated heterocycles. The second-order valence-electron chi connectivity index (χ2n) is 7.30. The molecule has 1 aliphatic carbocycles. The van der Waals surface area contributed by atoms with E-state index < -0.39 is 0 Å². The molecule has 0 fully saturated rings. The van der Waals surface area contributed by atoms with E-state index in [4.69, 9.17) is 4.98 Å². The largest absolute Gasteiger partial charge is 0.298 e. The van der Waals surface area contributed by atoms with Crippen molar-refractivity contribution in [3.8, 4) is 0 Å². The Morgan fingerprint density at radius 1 is 1.29 bits per heavy atom. The van der Waals surface area contributed by atoms with E-state index in [-0.39, 0.29) is 16.8 Å². The van der Waals surface area contributed by atoms with Crippen LogP contribution < -0.4 is 5.56 Å². The SMILES string of the molecule is CCn1c(SCC(=O)C(C)(C)C)nc2sc3c(c2c1=O)CCCC3. The number of ketones is 1. The third kappa shape index (κ3) is 3.18. The summed E-state index contributed by atoms with van der Waals surface area (Å²) in [6, 6.07) is 0. The molecule has 0 aromatic carbocycles. The number of rotatable bonds is 4. The van der Waals surface area contributed by atoms with E-state index in [0.29, 0.717) is 17.5 Å². The van der Waals surface area contributed by atoms with Crippen LogP contribution >= 0.6 is 23.1 Å². The summed E-state index contributed by atoms with van der Waals surface area (Å²) in [6.45, 7) is 8.31. The van der Waals surface area contributed by atoms with Crippen LogP contribution in [0.25, 0.3) is 10.2 Å². The van der Waals surface area contributed by atoms with Gasteiger partial charge in [-0.25, -0.2) is 4.98 Å². The maximum absolute atomic E-state index is 13.0. The lowest BCUT2D eigenvalue weighted by molar-refractivity contribution is -0.123. The number of Topliss-reactive ketones (excluding diaryl/α,β-unsaturated/α-hetero) is 1. The van der Waals surface area contributed by atoms with Crippen LogP contribution in [0.2, 0.25) is 0 Å². The number of carbonyl (C=O) groups is 1. The van der Waals surface area contributed by atoms with Crippen LogP contribution in [-0.4, -0.2) is 21.1 Å². The minimum atomic E-state index is -0.365. The van der Waals surface area contributed by atoms with Gasteiger partial charge in [0.05, 0.1) is 11.1 Å². The number of fused-ring (bicyclic) bond motifs is 3. The first-order valence-corrected chi connectivity index (χ1v) is 10.3. The highest BCUT2D eigenvalue weighted by molar-refractivity contribution is 7.99. The molecule has 2 aromatic heterocycles. The van der Waals surface area contributed by atoms with Gasteiger partial charge in [0.1, 0.15) is 10.6 Å². The molecule has 0 unspecified atom stereocenters. The van der Waals surface area contributed by atoms with E-state index in [1.54, 1.807) is 15.9 Å². The topological polar surface area (TPSA) is 52.0 Å². The predicted octanol–water partition coefficient (Wildman–Crippen LogP) is 4.06. The van der Waals surface area contributed by atoms with Gasteiger partial charge in [0.25, 0.3) is 5.56 Å². The van der Waals surface area contributed by atoms with Gasteiger partial charge in [0.2, 0.25) is 0 Å². The molecule has 4 nitrogen and oxygen atoms in total. The van der Waals surface area contributed by atoms with Gasteiger partial charge in [-0.15, -0.1) is 11.3 Å². The maximum atomic E-state index is 13.0. The average Bonchev–Trinajstić information content (AvgIpc) is 2.90. The Balaban J connectivity index is 2.02. The summed E-state index contributed by atoms with van der Waals surface area (Å²) in [5.74, 6) is 0.530. The molecule has 0 bridgehead atoms. The molecule has 6 heteroatoms. The Morgan fingerprint density at radius 2 is 2.00 bits per heavy atom. The van der Waals surface area contributed by atoms with Crippen molar-refractivity contribution in [1.29, 1.82) is 0 Å². The molecule has 0 aliphatic heterocycles. The van der Waals surface area contributed by atoms with Crippen molar-refractivity contribution in [3.05, 3.63) is 20.8 Å². The van der Waals surface area contributed by atoms with E-state index in [9.17, 15) is 9.59 Å². The number of aromatic nitrogens is 2. The van der Waals surface area contributed by atoms with Crippen LogP contribution in [0.3, 0.4) is 0 Å². The Kier molecular flexibility index (Phi) is 4.89. The average molecular weight is 365 g/mol. The quantitative estimate of drug-likeness (QED) is 0.606. The third-order valence-corrected chi connectivity index (χ3v) is 6.69. The van der Waals surface area contributed by atoms with E-state index in [1.807, 2.05) is 27.7 Å². The van der Waals surface area contributed by atoms with Crippen molar-refractivity contribution in [3.63, 3.8) is 0 Å². The molecule has 0 spiro atoms. The Bertz CT molecular complexity index is 843. The van der Waals surface area contributed by atoms with Gasteiger partial charge in [-0.1, -0.05) is 32.5 Å². The van der Waals surface area contributed by atoms with Gasteiger partial charge in [-0.05, 0) is 38.2 Å². The summed E-state index contributed by atoms with van der Waals surface area (Å²) in [6.07, 6.45) is 4.41. The number of carbonyl (C=O) groups excluding carboxylic acids is 1. The van der Waals surface area contributed by atoms with Crippen molar-refractivity contribution < 1.29 is 4.79 Å². The minimum absolute atomic E-state index is 0.0626. The number of hydrogen-bond donors (Lipinski definition) is 0. The molecular formula is C18H24N2O2S2. The van der Waals surface area contributed by atoms with E-state index in [1.165, 1.54) is 28.6 Å². The molecule has 0 N–H and O–H groups in total. The van der Waals surface area contributed by atoms with E-state index >= 15 is 0 Å². The smallest absolute Gasteiger partial charge is 0.263 e. The molecule has 1 aliphatic rings. The zero-order chi connectivity index (χ0) is 17.5. The summed E-state index contributed by atoms with van der Waals surface area (Å²) in [4.78, 5) is 32.1. The lowest BCUT2D eigenvalue weighted by atomic mass is 9.92. The molecule has 24 heavy (non-hydrogen) atoms. The Morgan fingerprint density at radius 3 is 2.67 bits per heavy atom. The summed E-state index contributed by atoms with van der Waals surface area (Å²) in [5, 5.41) is 1.49. The molecule has 2 heterocycles. The Hall–Kier alpha value is -1.14. The van der Waals surface area contributed by atoms with Crippen molar-refractivity contribution >= 4 is 39.1 Å². The first-order valence-electron chi connectivity index (χ1n) is 8.54. The number of nitrogens with zero attached hydrogens (tertiary/aromatic N) is 2.